The van der Waals surface area contributed by atoms with Gasteiger partial charge in [0.25, 0.3) is 5.91 Å². The van der Waals surface area contributed by atoms with Crippen LogP contribution in [0.4, 0.5) is 0 Å². The lowest BCUT2D eigenvalue weighted by atomic mass is 9.88. The molecular formula is C19H22N2O4. The van der Waals surface area contributed by atoms with Crippen LogP contribution in [0.15, 0.2) is 28.8 Å². The molecule has 2 aromatic rings. The van der Waals surface area contributed by atoms with E-state index in [4.69, 9.17) is 9.26 Å². The van der Waals surface area contributed by atoms with Crippen molar-refractivity contribution in [1.82, 2.24) is 10.1 Å². The summed E-state index contributed by atoms with van der Waals surface area (Å²) >= 11 is 0. The van der Waals surface area contributed by atoms with Gasteiger partial charge in [0, 0.05) is 24.6 Å². The van der Waals surface area contributed by atoms with Crippen LogP contribution in [0, 0.1) is 19.8 Å². The van der Waals surface area contributed by atoms with Crippen LogP contribution in [0.3, 0.4) is 0 Å². The number of ether oxygens (including phenoxy) is 1. The van der Waals surface area contributed by atoms with Gasteiger partial charge in [-0.2, -0.15) is 0 Å². The highest BCUT2D eigenvalue weighted by Crippen LogP contribution is 2.25. The van der Waals surface area contributed by atoms with E-state index >= 15 is 0 Å². The molecule has 132 valence electrons. The quantitative estimate of drug-likeness (QED) is 0.799. The van der Waals surface area contributed by atoms with Crippen molar-refractivity contribution in [3.05, 3.63) is 46.8 Å². The maximum absolute atomic E-state index is 12.6. The number of nitrogens with zero attached hydrogens (tertiary/aromatic N) is 2. The van der Waals surface area contributed by atoms with Gasteiger partial charge in [0.05, 0.1) is 12.8 Å². The Morgan fingerprint density at radius 3 is 2.32 bits per heavy atom. The zero-order valence-electron chi connectivity index (χ0n) is 14.7. The van der Waals surface area contributed by atoms with Crippen LogP contribution in [-0.2, 0) is 0 Å². The molecule has 0 atom stereocenters. The SMILES string of the molecule is COc1ccc(C(=O)C2CCN(C(=O)c3c(C)noc3C)CC2)cc1. The minimum absolute atomic E-state index is 0.0536. The summed E-state index contributed by atoms with van der Waals surface area (Å²) in [7, 11) is 1.60. The summed E-state index contributed by atoms with van der Waals surface area (Å²) in [4.78, 5) is 27.1. The molecule has 2 heterocycles. The molecule has 1 aromatic carbocycles. The largest absolute Gasteiger partial charge is 0.497 e. The second-order valence-corrected chi connectivity index (χ2v) is 6.36. The van der Waals surface area contributed by atoms with E-state index in [-0.39, 0.29) is 17.6 Å². The first kappa shape index (κ1) is 17.2. The first-order chi connectivity index (χ1) is 12.0. The van der Waals surface area contributed by atoms with Gasteiger partial charge < -0.3 is 14.2 Å². The number of aromatic nitrogens is 1. The Hall–Kier alpha value is -2.63. The average Bonchev–Trinajstić information content (AvgIpc) is 2.99. The molecule has 6 heteroatoms. The van der Waals surface area contributed by atoms with E-state index in [9.17, 15) is 9.59 Å². The molecule has 1 aliphatic heterocycles. The molecule has 1 aromatic heterocycles. The van der Waals surface area contributed by atoms with Gasteiger partial charge in [-0.3, -0.25) is 9.59 Å². The van der Waals surface area contributed by atoms with Gasteiger partial charge in [-0.1, -0.05) is 5.16 Å². The number of carbonyl (C=O) groups excluding carboxylic acids is 2. The van der Waals surface area contributed by atoms with Gasteiger partial charge in [-0.15, -0.1) is 0 Å². The standard InChI is InChI=1S/C19H22N2O4/c1-12-17(13(2)25-20-12)19(23)21-10-8-15(9-11-21)18(22)14-4-6-16(24-3)7-5-14/h4-7,15H,8-11H2,1-3H3. The van der Waals surface area contributed by atoms with Gasteiger partial charge >= 0.3 is 0 Å². The van der Waals surface area contributed by atoms with Gasteiger partial charge in [-0.05, 0) is 51.0 Å². The number of aryl methyl sites for hydroxylation is 2. The van der Waals surface area contributed by atoms with Gasteiger partial charge in [0.15, 0.2) is 5.78 Å². The average molecular weight is 342 g/mol. The van der Waals surface area contributed by atoms with Crippen LogP contribution in [0.25, 0.3) is 0 Å². The van der Waals surface area contributed by atoms with Crippen LogP contribution in [0.2, 0.25) is 0 Å². The van der Waals surface area contributed by atoms with Crippen LogP contribution in [-0.4, -0.2) is 41.9 Å². The first-order valence-corrected chi connectivity index (χ1v) is 8.41. The normalized spacial score (nSPS) is 15.2. The number of Topliss-reactive ketones (excluding diaryl/α,β-unsaturated/α-hetero) is 1. The molecular weight excluding hydrogens is 320 g/mol. The Morgan fingerprint density at radius 2 is 1.80 bits per heavy atom. The summed E-state index contributed by atoms with van der Waals surface area (Å²) in [6.07, 6.45) is 1.33. The summed E-state index contributed by atoms with van der Waals surface area (Å²) < 4.78 is 10.2. The fraction of sp³-hybridized carbons (Fsp3) is 0.421. The molecule has 0 saturated carbocycles. The van der Waals surface area contributed by atoms with Gasteiger partial charge in [0.2, 0.25) is 0 Å². The molecule has 25 heavy (non-hydrogen) atoms. The Bertz CT molecular complexity index is 752. The van der Waals surface area contributed by atoms with E-state index in [1.807, 2.05) is 0 Å². The third-order valence-corrected chi connectivity index (χ3v) is 4.77. The number of hydrogen-bond donors (Lipinski definition) is 0. The molecule has 1 fully saturated rings. The summed E-state index contributed by atoms with van der Waals surface area (Å²) in [5.74, 6) is 1.29. The zero-order chi connectivity index (χ0) is 18.0. The molecule has 0 aliphatic carbocycles. The smallest absolute Gasteiger partial charge is 0.259 e. The van der Waals surface area contributed by atoms with Gasteiger partial charge in [-0.25, -0.2) is 0 Å². The van der Waals surface area contributed by atoms with Crippen LogP contribution < -0.4 is 4.74 Å². The molecule has 1 saturated heterocycles. The van der Waals surface area contributed by atoms with Crippen molar-refractivity contribution in [2.75, 3.05) is 20.2 Å². The predicted octanol–water partition coefficient (Wildman–Crippen LogP) is 3.04. The fourth-order valence-corrected chi connectivity index (χ4v) is 3.28. The van der Waals surface area contributed by atoms with E-state index in [0.29, 0.717) is 48.5 Å². The number of ketones is 1. The second-order valence-electron chi connectivity index (χ2n) is 6.36. The van der Waals surface area contributed by atoms with Crippen molar-refractivity contribution < 1.29 is 18.8 Å². The lowest BCUT2D eigenvalue weighted by Gasteiger charge is -2.31. The molecule has 0 N–H and O–H groups in total. The number of hydrogen-bond acceptors (Lipinski definition) is 5. The number of rotatable bonds is 4. The summed E-state index contributed by atoms with van der Waals surface area (Å²) in [5.41, 5.74) is 1.84. The van der Waals surface area contributed by atoms with Crippen molar-refractivity contribution in [2.45, 2.75) is 26.7 Å². The highest BCUT2D eigenvalue weighted by atomic mass is 16.5. The van der Waals surface area contributed by atoms with E-state index < -0.39 is 0 Å². The monoisotopic (exact) mass is 342 g/mol. The third kappa shape index (κ3) is 3.43. The highest BCUT2D eigenvalue weighted by molar-refractivity contribution is 5.99. The summed E-state index contributed by atoms with van der Waals surface area (Å²) in [6, 6.07) is 7.18. The van der Waals surface area contributed by atoms with Crippen LogP contribution in [0.1, 0.15) is 45.0 Å². The summed E-state index contributed by atoms with van der Waals surface area (Å²) in [6.45, 7) is 4.64. The second kappa shape index (κ2) is 7.09. The van der Waals surface area contributed by atoms with Crippen molar-refractivity contribution in [2.24, 2.45) is 5.92 Å². The van der Waals surface area contributed by atoms with E-state index in [1.165, 1.54) is 0 Å². The minimum atomic E-state index is -0.0633. The molecule has 0 bridgehead atoms. The number of methoxy groups -OCH3 is 1. The van der Waals surface area contributed by atoms with Crippen LogP contribution in [0.5, 0.6) is 5.75 Å². The first-order valence-electron chi connectivity index (χ1n) is 8.41. The molecule has 0 radical (unpaired) electrons. The van der Waals surface area contributed by atoms with Crippen LogP contribution >= 0.6 is 0 Å². The zero-order valence-corrected chi connectivity index (χ0v) is 14.7. The van der Waals surface area contributed by atoms with E-state index in [2.05, 4.69) is 5.16 Å². The molecule has 1 aliphatic rings. The highest BCUT2D eigenvalue weighted by Gasteiger charge is 2.30. The Balaban J connectivity index is 1.63. The Labute approximate surface area is 146 Å². The van der Waals surface area contributed by atoms with Crippen molar-refractivity contribution >= 4 is 11.7 Å². The van der Waals surface area contributed by atoms with E-state index in [0.717, 1.165) is 5.75 Å². The van der Waals surface area contributed by atoms with Crippen molar-refractivity contribution in [3.8, 4) is 5.75 Å². The predicted molar refractivity (Wildman–Crippen MR) is 91.9 cm³/mol. The third-order valence-electron chi connectivity index (χ3n) is 4.77. The Kier molecular flexibility index (Phi) is 4.88. The number of carbonyl (C=O) groups is 2. The fourth-order valence-electron chi connectivity index (χ4n) is 3.28. The molecule has 0 spiro atoms. The summed E-state index contributed by atoms with van der Waals surface area (Å²) in [5, 5.41) is 3.84. The van der Waals surface area contributed by atoms with Crippen molar-refractivity contribution in [1.29, 1.82) is 0 Å². The molecule has 0 unspecified atom stereocenters. The maximum Gasteiger partial charge on any atom is 0.259 e. The van der Waals surface area contributed by atoms with Gasteiger partial charge in [0.1, 0.15) is 17.1 Å². The molecule has 6 nitrogen and oxygen atoms in total. The van der Waals surface area contributed by atoms with Crippen molar-refractivity contribution in [3.63, 3.8) is 0 Å². The number of benzene rings is 1. The number of piperidine rings is 1. The minimum Gasteiger partial charge on any atom is -0.497 e. The number of amides is 1. The maximum atomic E-state index is 12.6. The lowest BCUT2D eigenvalue weighted by Crippen LogP contribution is -2.40. The van der Waals surface area contributed by atoms with E-state index in [1.54, 1.807) is 50.1 Å². The Morgan fingerprint density at radius 1 is 1.16 bits per heavy atom. The molecule has 1 amide bonds. The topological polar surface area (TPSA) is 72.6 Å². The molecule has 3 rings (SSSR count). The lowest BCUT2D eigenvalue weighted by molar-refractivity contribution is 0.0648. The number of likely N-dealkylation sites (tertiary alicyclic amines) is 1.